The molecule has 0 saturated carbocycles. The Bertz CT molecular complexity index is 478. The quantitative estimate of drug-likeness (QED) is 0.636. The molecule has 1 atom stereocenters. The standard InChI is InChI=1S/C16H22N2S/c1-16(12-17,18-2)9-4-10-19-15-8-7-13-5-3-6-14(13)11-15/h7-8,11,18H,3-6,9-10H2,1-2H3. The van der Waals surface area contributed by atoms with Gasteiger partial charge in [0.25, 0.3) is 0 Å². The molecule has 1 aliphatic carbocycles. The second kappa shape index (κ2) is 6.45. The van der Waals surface area contributed by atoms with E-state index in [2.05, 4.69) is 29.6 Å². The number of aryl methyl sites for hydroxylation is 2. The molecule has 0 fully saturated rings. The van der Waals surface area contributed by atoms with Crippen LogP contribution in [0.5, 0.6) is 0 Å². The van der Waals surface area contributed by atoms with Gasteiger partial charge >= 0.3 is 0 Å². The van der Waals surface area contributed by atoms with Crippen LogP contribution in [-0.2, 0) is 12.8 Å². The monoisotopic (exact) mass is 274 g/mol. The van der Waals surface area contributed by atoms with Crippen LogP contribution in [0.2, 0.25) is 0 Å². The highest BCUT2D eigenvalue weighted by molar-refractivity contribution is 7.99. The fourth-order valence-electron chi connectivity index (χ4n) is 2.49. The van der Waals surface area contributed by atoms with Gasteiger partial charge in [-0.2, -0.15) is 5.26 Å². The molecule has 1 aromatic rings. The van der Waals surface area contributed by atoms with Gasteiger partial charge in [0.1, 0.15) is 5.54 Å². The number of hydrogen-bond donors (Lipinski definition) is 1. The van der Waals surface area contributed by atoms with Gasteiger partial charge in [0.2, 0.25) is 0 Å². The highest BCUT2D eigenvalue weighted by Crippen LogP contribution is 2.28. The van der Waals surface area contributed by atoms with Crippen LogP contribution >= 0.6 is 11.8 Å². The number of fused-ring (bicyclic) bond motifs is 1. The zero-order valence-corrected chi connectivity index (χ0v) is 12.6. The van der Waals surface area contributed by atoms with Crippen molar-refractivity contribution in [1.82, 2.24) is 5.32 Å². The van der Waals surface area contributed by atoms with E-state index in [1.807, 2.05) is 25.7 Å². The van der Waals surface area contributed by atoms with Gasteiger partial charge in [-0.25, -0.2) is 0 Å². The first-order chi connectivity index (χ1) is 9.17. The van der Waals surface area contributed by atoms with Crippen LogP contribution in [0.1, 0.15) is 37.3 Å². The summed E-state index contributed by atoms with van der Waals surface area (Å²) in [4.78, 5) is 1.38. The lowest BCUT2D eigenvalue weighted by Gasteiger charge is -2.20. The minimum Gasteiger partial charge on any atom is -0.303 e. The highest BCUT2D eigenvalue weighted by atomic mass is 32.2. The Labute approximate surface area is 120 Å². The van der Waals surface area contributed by atoms with Crippen molar-refractivity contribution in [1.29, 1.82) is 5.26 Å². The third kappa shape index (κ3) is 3.75. The molecule has 2 nitrogen and oxygen atoms in total. The summed E-state index contributed by atoms with van der Waals surface area (Å²) in [7, 11) is 1.86. The van der Waals surface area contributed by atoms with Gasteiger partial charge in [-0.1, -0.05) is 6.07 Å². The number of rotatable bonds is 6. The molecule has 0 aromatic heterocycles. The molecule has 1 aliphatic rings. The van der Waals surface area contributed by atoms with Crippen molar-refractivity contribution in [3.05, 3.63) is 29.3 Å². The molecule has 0 amide bonds. The van der Waals surface area contributed by atoms with E-state index in [0.29, 0.717) is 0 Å². The molecule has 0 bridgehead atoms. The topological polar surface area (TPSA) is 35.8 Å². The van der Waals surface area contributed by atoms with Crippen molar-refractivity contribution in [2.75, 3.05) is 12.8 Å². The van der Waals surface area contributed by atoms with E-state index in [1.54, 1.807) is 5.56 Å². The number of nitrogens with one attached hydrogen (secondary N) is 1. The molecule has 0 saturated heterocycles. The van der Waals surface area contributed by atoms with E-state index in [-0.39, 0.29) is 5.54 Å². The Morgan fingerprint density at radius 3 is 2.89 bits per heavy atom. The molecular formula is C16H22N2S. The predicted molar refractivity (Wildman–Crippen MR) is 81.5 cm³/mol. The van der Waals surface area contributed by atoms with Crippen molar-refractivity contribution in [2.45, 2.75) is 49.5 Å². The minimum absolute atomic E-state index is 0.376. The zero-order chi connectivity index (χ0) is 13.7. The van der Waals surface area contributed by atoms with Crippen molar-refractivity contribution >= 4 is 11.8 Å². The number of nitrogens with zero attached hydrogens (tertiary/aromatic N) is 1. The summed E-state index contributed by atoms with van der Waals surface area (Å²) in [5.74, 6) is 1.08. The fraction of sp³-hybridized carbons (Fsp3) is 0.562. The van der Waals surface area contributed by atoms with Crippen LogP contribution in [0.25, 0.3) is 0 Å². The lowest BCUT2D eigenvalue weighted by molar-refractivity contribution is 0.451. The minimum atomic E-state index is -0.376. The molecule has 1 N–H and O–H groups in total. The van der Waals surface area contributed by atoms with Gasteiger partial charge in [-0.3, -0.25) is 0 Å². The Kier molecular flexibility index (Phi) is 4.90. The molecule has 0 heterocycles. The highest BCUT2D eigenvalue weighted by Gasteiger charge is 2.20. The maximum absolute atomic E-state index is 9.09. The fourth-order valence-corrected chi connectivity index (χ4v) is 3.40. The van der Waals surface area contributed by atoms with Gasteiger partial charge in [0.15, 0.2) is 0 Å². The van der Waals surface area contributed by atoms with E-state index in [4.69, 9.17) is 5.26 Å². The smallest absolute Gasteiger partial charge is 0.103 e. The molecule has 19 heavy (non-hydrogen) atoms. The molecule has 1 unspecified atom stereocenters. The van der Waals surface area contributed by atoms with E-state index in [0.717, 1.165) is 18.6 Å². The predicted octanol–water partition coefficient (Wildman–Crippen LogP) is 3.55. The summed E-state index contributed by atoms with van der Waals surface area (Å²) in [6.45, 7) is 1.97. The molecule has 2 rings (SSSR count). The number of hydrogen-bond acceptors (Lipinski definition) is 3. The first-order valence-corrected chi connectivity index (χ1v) is 8.00. The second-order valence-electron chi connectivity index (χ2n) is 5.43. The SMILES string of the molecule is CNC(C)(C#N)CCCSc1ccc2c(c1)CCC2. The normalized spacial score (nSPS) is 16.7. The Morgan fingerprint density at radius 1 is 1.37 bits per heavy atom. The summed E-state index contributed by atoms with van der Waals surface area (Å²) < 4.78 is 0. The maximum atomic E-state index is 9.09. The van der Waals surface area contributed by atoms with Crippen LogP contribution in [0.4, 0.5) is 0 Å². The van der Waals surface area contributed by atoms with Gasteiger partial charge in [-0.15, -0.1) is 11.8 Å². The molecule has 1 aromatic carbocycles. The summed E-state index contributed by atoms with van der Waals surface area (Å²) in [5.41, 5.74) is 2.71. The summed E-state index contributed by atoms with van der Waals surface area (Å²) >= 11 is 1.91. The van der Waals surface area contributed by atoms with Crippen LogP contribution in [0.3, 0.4) is 0 Å². The van der Waals surface area contributed by atoms with Gasteiger partial charge in [-0.05, 0) is 75.1 Å². The first kappa shape index (κ1) is 14.4. The van der Waals surface area contributed by atoms with E-state index < -0.39 is 0 Å². The third-order valence-corrected chi connectivity index (χ3v) is 5.04. The van der Waals surface area contributed by atoms with Crippen LogP contribution in [-0.4, -0.2) is 18.3 Å². The van der Waals surface area contributed by atoms with E-state index >= 15 is 0 Å². The van der Waals surface area contributed by atoms with Crippen molar-refractivity contribution < 1.29 is 0 Å². The van der Waals surface area contributed by atoms with Gasteiger partial charge in [0.05, 0.1) is 6.07 Å². The van der Waals surface area contributed by atoms with Gasteiger partial charge < -0.3 is 5.32 Å². The molecule has 3 heteroatoms. The Morgan fingerprint density at radius 2 is 2.16 bits per heavy atom. The summed E-state index contributed by atoms with van der Waals surface area (Å²) in [6.07, 6.45) is 5.77. The number of nitriles is 1. The molecule has 0 spiro atoms. The number of benzene rings is 1. The van der Waals surface area contributed by atoms with Crippen LogP contribution < -0.4 is 5.32 Å². The number of thioether (sulfide) groups is 1. The Hall–Kier alpha value is -0.980. The van der Waals surface area contributed by atoms with E-state index in [1.165, 1.54) is 29.7 Å². The molecule has 0 radical (unpaired) electrons. The summed E-state index contributed by atoms with van der Waals surface area (Å²) in [6, 6.07) is 9.23. The summed E-state index contributed by atoms with van der Waals surface area (Å²) in [5, 5.41) is 12.2. The maximum Gasteiger partial charge on any atom is 0.103 e. The first-order valence-electron chi connectivity index (χ1n) is 7.02. The largest absolute Gasteiger partial charge is 0.303 e. The Balaban J connectivity index is 1.79. The zero-order valence-electron chi connectivity index (χ0n) is 11.8. The lowest BCUT2D eigenvalue weighted by atomic mass is 9.99. The van der Waals surface area contributed by atoms with E-state index in [9.17, 15) is 0 Å². The van der Waals surface area contributed by atoms with Crippen molar-refractivity contribution in [3.63, 3.8) is 0 Å². The van der Waals surface area contributed by atoms with Crippen molar-refractivity contribution in [3.8, 4) is 6.07 Å². The van der Waals surface area contributed by atoms with Crippen molar-refractivity contribution in [2.24, 2.45) is 0 Å². The second-order valence-corrected chi connectivity index (χ2v) is 6.60. The lowest BCUT2D eigenvalue weighted by Crippen LogP contribution is -2.37. The molecule has 0 aliphatic heterocycles. The third-order valence-electron chi connectivity index (χ3n) is 3.96. The average Bonchev–Trinajstić information content (AvgIpc) is 2.91. The van der Waals surface area contributed by atoms with Crippen LogP contribution in [0.15, 0.2) is 23.1 Å². The molecule has 102 valence electrons. The molecular weight excluding hydrogens is 252 g/mol. The van der Waals surface area contributed by atoms with Gasteiger partial charge in [0, 0.05) is 4.90 Å². The van der Waals surface area contributed by atoms with Crippen LogP contribution in [0, 0.1) is 11.3 Å². The average molecular weight is 274 g/mol.